The van der Waals surface area contributed by atoms with E-state index >= 15 is 0 Å². The summed E-state index contributed by atoms with van der Waals surface area (Å²) in [5.74, 6) is -1.39. The van der Waals surface area contributed by atoms with Gasteiger partial charge in [-0.2, -0.15) is 0 Å². The molecular weight excluding hydrogens is 569 g/mol. The maximum atomic E-state index is 14.6. The lowest BCUT2D eigenvalue weighted by molar-refractivity contribution is -0.162. The minimum Gasteiger partial charge on any atom is -0.481 e. The Bertz CT molecular complexity index is 1330. The van der Waals surface area contributed by atoms with Gasteiger partial charge in [-0.15, -0.1) is 0 Å². The maximum absolute atomic E-state index is 14.6. The molecule has 9 heteroatoms. The Hall–Kier alpha value is -2.09. The van der Waals surface area contributed by atoms with Gasteiger partial charge in [-0.3, -0.25) is 9.59 Å². The van der Waals surface area contributed by atoms with Crippen LogP contribution < -0.4 is 0 Å². The second-order valence-electron chi connectivity index (χ2n) is 12.0. The molecule has 4 rings (SSSR count). The fraction of sp³-hybridized carbons (Fsp3) is 0.548. The number of piperidine rings is 1. The van der Waals surface area contributed by atoms with Gasteiger partial charge < -0.3 is 10.0 Å². The first-order valence-electron chi connectivity index (χ1n) is 14.1. The molecule has 0 radical (unpaired) electrons. The molecule has 0 spiro atoms. The number of halogens is 2. The number of benzene rings is 2. The van der Waals surface area contributed by atoms with E-state index in [2.05, 4.69) is 0 Å². The summed E-state index contributed by atoms with van der Waals surface area (Å²) >= 11 is 12.7. The quantitative estimate of drug-likeness (QED) is 0.276. The van der Waals surface area contributed by atoms with Crippen molar-refractivity contribution >= 4 is 44.9 Å². The Morgan fingerprint density at radius 3 is 2.30 bits per heavy atom. The van der Waals surface area contributed by atoms with Crippen LogP contribution in [0.4, 0.5) is 0 Å². The first kappa shape index (κ1) is 30.9. The van der Waals surface area contributed by atoms with Gasteiger partial charge >= 0.3 is 5.97 Å². The number of hydrogen-bond acceptors (Lipinski definition) is 4. The van der Waals surface area contributed by atoms with E-state index in [4.69, 9.17) is 23.2 Å². The van der Waals surface area contributed by atoms with Gasteiger partial charge in [0.15, 0.2) is 9.84 Å². The summed E-state index contributed by atoms with van der Waals surface area (Å²) in [5, 5.41) is 11.1. The van der Waals surface area contributed by atoms with Crippen LogP contribution in [-0.4, -0.2) is 47.8 Å². The smallest absolute Gasteiger partial charge is 0.304 e. The molecular formula is C31H39Cl2NO5S. The molecule has 1 saturated heterocycles. The number of carboxylic acids is 1. The van der Waals surface area contributed by atoms with E-state index < -0.39 is 33.3 Å². The molecule has 1 aliphatic carbocycles. The van der Waals surface area contributed by atoms with Crippen molar-refractivity contribution in [3.05, 3.63) is 69.7 Å². The van der Waals surface area contributed by atoms with E-state index in [-0.39, 0.29) is 41.6 Å². The summed E-state index contributed by atoms with van der Waals surface area (Å²) in [4.78, 5) is 28.6. The highest BCUT2D eigenvalue weighted by Gasteiger charge is 2.56. The van der Waals surface area contributed by atoms with Gasteiger partial charge in [-0.1, -0.05) is 68.2 Å². The lowest BCUT2D eigenvalue weighted by atomic mass is 9.65. The number of carbonyl (C=O) groups is 2. The summed E-state index contributed by atoms with van der Waals surface area (Å²) in [7, 11) is -3.47. The Labute approximate surface area is 248 Å². The number of likely N-dealkylation sites (tertiary alicyclic amines) is 1. The van der Waals surface area contributed by atoms with Gasteiger partial charge in [0.25, 0.3) is 0 Å². The number of carbonyl (C=O) groups excluding carboxylic acids is 1. The molecule has 1 amide bonds. The zero-order valence-corrected chi connectivity index (χ0v) is 25.7. The molecule has 1 N–H and O–H groups in total. The number of carboxylic acid groups (broad SMARTS) is 1. The third-order valence-corrected chi connectivity index (χ3v) is 10.8. The van der Waals surface area contributed by atoms with E-state index in [1.54, 1.807) is 23.1 Å². The molecule has 40 heavy (non-hydrogen) atoms. The minimum atomic E-state index is -3.47. The molecule has 0 aromatic heterocycles. The normalized spacial score (nSPS) is 24.4. The van der Waals surface area contributed by atoms with Gasteiger partial charge in [0.2, 0.25) is 5.91 Å². The Balaban J connectivity index is 1.91. The summed E-state index contributed by atoms with van der Waals surface area (Å²) < 4.78 is 26.9. The van der Waals surface area contributed by atoms with Crippen molar-refractivity contribution in [2.75, 3.05) is 11.5 Å². The van der Waals surface area contributed by atoms with Crippen molar-refractivity contribution in [2.24, 2.45) is 17.3 Å². The SMILES string of the molecule is CCC1(CC(=O)O)CC(c2cccc(Cl)c2)C(c2ccc(Cl)cc2)N(C(CS(=O)(=O)CCC(C)C)C2CC2)C1=O. The molecule has 1 saturated carbocycles. The summed E-state index contributed by atoms with van der Waals surface area (Å²) in [5.41, 5.74) is 0.565. The van der Waals surface area contributed by atoms with Gasteiger partial charge in [0.05, 0.1) is 29.4 Å². The van der Waals surface area contributed by atoms with Crippen LogP contribution in [0.25, 0.3) is 0 Å². The fourth-order valence-electron chi connectivity index (χ4n) is 6.20. The summed E-state index contributed by atoms with van der Waals surface area (Å²) in [6, 6.07) is 13.8. The first-order chi connectivity index (χ1) is 18.9. The van der Waals surface area contributed by atoms with E-state index in [0.29, 0.717) is 29.3 Å². The van der Waals surface area contributed by atoms with E-state index in [0.717, 1.165) is 24.0 Å². The van der Waals surface area contributed by atoms with Crippen LogP contribution in [0, 0.1) is 17.3 Å². The zero-order chi connectivity index (χ0) is 29.2. The van der Waals surface area contributed by atoms with Crippen LogP contribution in [0.15, 0.2) is 48.5 Å². The molecule has 0 bridgehead atoms. The molecule has 218 valence electrons. The molecule has 1 heterocycles. The predicted octanol–water partition coefficient (Wildman–Crippen LogP) is 7.16. The second kappa shape index (κ2) is 12.4. The number of aliphatic carboxylic acids is 1. The standard InChI is InChI=1S/C31H39Cl2NO5S/c1-4-31(18-28(35)36)17-26(23-6-5-7-25(33)16-23)29(22-10-12-24(32)13-11-22)34(30(31)37)27(21-8-9-21)19-40(38,39)15-14-20(2)3/h5-7,10-13,16,20-21,26-27,29H,4,8-9,14-15,17-19H2,1-3H3,(H,35,36). The number of rotatable bonds is 12. The molecule has 2 aromatic carbocycles. The Morgan fingerprint density at radius 1 is 1.07 bits per heavy atom. The number of sulfone groups is 1. The van der Waals surface area contributed by atoms with Crippen molar-refractivity contribution in [3.8, 4) is 0 Å². The molecule has 4 unspecified atom stereocenters. The third kappa shape index (κ3) is 7.03. The lowest BCUT2D eigenvalue weighted by Crippen LogP contribution is -2.59. The minimum absolute atomic E-state index is 0.0464. The van der Waals surface area contributed by atoms with Crippen LogP contribution in [0.3, 0.4) is 0 Å². The van der Waals surface area contributed by atoms with Crippen LogP contribution in [0.1, 0.15) is 82.4 Å². The topological polar surface area (TPSA) is 91.8 Å². The van der Waals surface area contributed by atoms with Crippen molar-refractivity contribution in [2.45, 2.75) is 77.3 Å². The second-order valence-corrected chi connectivity index (χ2v) is 15.1. The highest BCUT2D eigenvalue weighted by molar-refractivity contribution is 7.91. The average Bonchev–Trinajstić information content (AvgIpc) is 3.73. The Kier molecular flexibility index (Phi) is 9.58. The predicted molar refractivity (Wildman–Crippen MR) is 159 cm³/mol. The third-order valence-electron chi connectivity index (χ3n) is 8.59. The first-order valence-corrected chi connectivity index (χ1v) is 16.7. The van der Waals surface area contributed by atoms with Crippen LogP contribution in [-0.2, 0) is 19.4 Å². The Morgan fingerprint density at radius 2 is 1.75 bits per heavy atom. The van der Waals surface area contributed by atoms with Gasteiger partial charge in [0.1, 0.15) is 0 Å². The highest BCUT2D eigenvalue weighted by atomic mass is 35.5. The average molecular weight is 609 g/mol. The molecule has 1 aliphatic heterocycles. The number of amides is 1. The molecule has 6 nitrogen and oxygen atoms in total. The summed E-state index contributed by atoms with van der Waals surface area (Å²) in [6.07, 6.45) is 2.55. The van der Waals surface area contributed by atoms with Crippen LogP contribution >= 0.6 is 23.2 Å². The molecule has 2 aromatic rings. The highest BCUT2D eigenvalue weighted by Crippen LogP contribution is 2.55. The molecule has 2 fully saturated rings. The van der Waals surface area contributed by atoms with Gasteiger partial charge in [-0.05, 0) is 79.3 Å². The number of hydrogen-bond donors (Lipinski definition) is 1. The fourth-order valence-corrected chi connectivity index (χ4v) is 8.48. The monoisotopic (exact) mass is 607 g/mol. The van der Waals surface area contributed by atoms with E-state index in [1.807, 2.05) is 51.1 Å². The molecule has 4 atom stereocenters. The largest absolute Gasteiger partial charge is 0.481 e. The van der Waals surface area contributed by atoms with E-state index in [9.17, 15) is 23.1 Å². The maximum Gasteiger partial charge on any atom is 0.304 e. The summed E-state index contributed by atoms with van der Waals surface area (Å²) in [6.45, 7) is 5.84. The van der Waals surface area contributed by atoms with Crippen molar-refractivity contribution in [3.63, 3.8) is 0 Å². The van der Waals surface area contributed by atoms with Crippen LogP contribution in [0.5, 0.6) is 0 Å². The van der Waals surface area contributed by atoms with Crippen molar-refractivity contribution in [1.29, 1.82) is 0 Å². The molecule has 2 aliphatic rings. The zero-order valence-electron chi connectivity index (χ0n) is 23.4. The number of nitrogens with zero attached hydrogens (tertiary/aromatic N) is 1. The lowest BCUT2D eigenvalue weighted by Gasteiger charge is -2.53. The van der Waals surface area contributed by atoms with Gasteiger partial charge in [0, 0.05) is 22.0 Å². The van der Waals surface area contributed by atoms with Crippen molar-refractivity contribution in [1.82, 2.24) is 4.90 Å². The van der Waals surface area contributed by atoms with Gasteiger partial charge in [-0.25, -0.2) is 8.42 Å². The van der Waals surface area contributed by atoms with Crippen molar-refractivity contribution < 1.29 is 23.1 Å². The van der Waals surface area contributed by atoms with E-state index in [1.165, 1.54) is 0 Å². The van der Waals surface area contributed by atoms with Crippen LogP contribution in [0.2, 0.25) is 10.0 Å².